The van der Waals surface area contributed by atoms with Crippen LogP contribution in [0.1, 0.15) is 24.0 Å². The van der Waals surface area contributed by atoms with E-state index in [4.69, 9.17) is 9.47 Å². The lowest BCUT2D eigenvalue weighted by Gasteiger charge is -2.18. The maximum absolute atomic E-state index is 13.2. The molecule has 2 amide bonds. The van der Waals surface area contributed by atoms with E-state index in [9.17, 15) is 9.59 Å². The lowest BCUT2D eigenvalue weighted by molar-refractivity contribution is -0.141. The number of hydrogen-bond donors (Lipinski definition) is 0. The van der Waals surface area contributed by atoms with Crippen LogP contribution in [0.25, 0.3) is 10.8 Å². The van der Waals surface area contributed by atoms with Crippen molar-refractivity contribution in [2.45, 2.75) is 19.4 Å². The van der Waals surface area contributed by atoms with Gasteiger partial charge in [-0.3, -0.25) is 9.59 Å². The molecule has 4 aliphatic rings. The Morgan fingerprint density at radius 2 is 1.73 bits per heavy atom. The van der Waals surface area contributed by atoms with Crippen molar-refractivity contribution < 1.29 is 19.1 Å². The molecule has 37 heavy (non-hydrogen) atoms. The fourth-order valence-corrected chi connectivity index (χ4v) is 7.60. The summed E-state index contributed by atoms with van der Waals surface area (Å²) >= 11 is 2.22. The van der Waals surface area contributed by atoms with Crippen LogP contribution < -0.4 is 9.47 Å². The Kier molecular flexibility index (Phi) is 5.22. The summed E-state index contributed by atoms with van der Waals surface area (Å²) in [6, 6.07) is 18.2. The molecule has 3 aromatic carbocycles. The second-order valence-electron chi connectivity index (χ2n) is 10.4. The van der Waals surface area contributed by atoms with E-state index in [1.165, 1.54) is 5.39 Å². The first kappa shape index (κ1) is 23.0. The van der Waals surface area contributed by atoms with Gasteiger partial charge in [0, 0.05) is 0 Å². The maximum atomic E-state index is 13.2. The van der Waals surface area contributed by atoms with E-state index in [1.54, 1.807) is 13.3 Å². The van der Waals surface area contributed by atoms with Gasteiger partial charge in [-0.1, -0.05) is 54.6 Å². The second-order valence-corrected chi connectivity index (χ2v) is 11.6. The summed E-state index contributed by atoms with van der Waals surface area (Å²) in [5, 5.41) is 7.78. The standard InChI is InChI=1S/C30H25IN2O4/c1-36-24-14-17(13-23(31)27(24)37-16-19-7-4-6-18-5-2-3-8-20(18)19)15-32-33-28(34)25-21-9-10-22(26(25)29(33)35)30(21)11-12-30/h2-10,13-15,21-22,25-26H,11-12,16H2,1H3/b32-15-/t21-,22-,25+,26+/m1/s1. The Morgan fingerprint density at radius 1 is 1.03 bits per heavy atom. The van der Waals surface area contributed by atoms with Gasteiger partial charge in [0.2, 0.25) is 0 Å². The number of amides is 2. The Balaban J connectivity index is 1.11. The van der Waals surface area contributed by atoms with Gasteiger partial charge in [0.15, 0.2) is 11.5 Å². The van der Waals surface area contributed by atoms with Crippen LogP contribution in [0.15, 0.2) is 71.9 Å². The van der Waals surface area contributed by atoms with Crippen LogP contribution in [-0.2, 0) is 16.2 Å². The fourth-order valence-electron chi connectivity index (χ4n) is 6.82. The van der Waals surface area contributed by atoms with Gasteiger partial charge in [-0.15, -0.1) is 0 Å². The molecule has 0 radical (unpaired) electrons. The molecule has 1 aliphatic heterocycles. The highest BCUT2D eigenvalue weighted by Crippen LogP contribution is 2.73. The minimum atomic E-state index is -0.248. The Labute approximate surface area is 228 Å². The summed E-state index contributed by atoms with van der Waals surface area (Å²) in [5.41, 5.74) is 2.01. The van der Waals surface area contributed by atoms with E-state index in [-0.39, 0.29) is 40.9 Å². The number of hydrogen-bond acceptors (Lipinski definition) is 5. The first-order chi connectivity index (χ1) is 18.0. The van der Waals surface area contributed by atoms with E-state index in [0.717, 1.165) is 37.9 Å². The number of allylic oxidation sites excluding steroid dienone is 2. The average Bonchev–Trinajstić information content (AvgIpc) is 3.51. The first-order valence-electron chi connectivity index (χ1n) is 12.6. The van der Waals surface area contributed by atoms with E-state index in [1.807, 2.05) is 30.3 Å². The summed E-state index contributed by atoms with van der Waals surface area (Å²) < 4.78 is 12.7. The fraction of sp³-hybridized carbons (Fsp3) is 0.300. The van der Waals surface area contributed by atoms with Crippen molar-refractivity contribution in [3.63, 3.8) is 0 Å². The predicted octanol–water partition coefficient (Wildman–Crippen LogP) is 5.56. The van der Waals surface area contributed by atoms with Gasteiger partial charge in [-0.05, 0) is 86.7 Å². The van der Waals surface area contributed by atoms with E-state index in [2.05, 4.69) is 64.1 Å². The van der Waals surface area contributed by atoms with E-state index >= 15 is 0 Å². The zero-order valence-electron chi connectivity index (χ0n) is 20.3. The van der Waals surface area contributed by atoms with Crippen molar-refractivity contribution >= 4 is 51.4 Å². The van der Waals surface area contributed by atoms with Crippen LogP contribution in [0.5, 0.6) is 11.5 Å². The van der Waals surface area contributed by atoms with Crippen LogP contribution in [-0.4, -0.2) is 30.1 Å². The average molecular weight is 604 g/mol. The molecule has 2 saturated carbocycles. The van der Waals surface area contributed by atoms with Gasteiger partial charge in [-0.25, -0.2) is 0 Å². The third-order valence-electron chi connectivity index (χ3n) is 8.66. The summed E-state index contributed by atoms with van der Waals surface area (Å²) in [7, 11) is 1.60. The molecule has 7 heteroatoms. The summed E-state index contributed by atoms with van der Waals surface area (Å²) in [6.07, 6.45) is 8.15. The molecule has 3 fully saturated rings. The molecule has 1 saturated heterocycles. The Bertz CT molecular complexity index is 1490. The van der Waals surface area contributed by atoms with Crippen LogP contribution in [0.3, 0.4) is 0 Å². The number of halogens is 1. The normalized spacial score (nSPS) is 26.6. The van der Waals surface area contributed by atoms with Gasteiger partial charge in [-0.2, -0.15) is 10.1 Å². The number of carbonyl (C=O) groups excluding carboxylic acids is 2. The van der Waals surface area contributed by atoms with Gasteiger partial charge < -0.3 is 9.47 Å². The third-order valence-corrected chi connectivity index (χ3v) is 9.46. The van der Waals surface area contributed by atoms with Crippen molar-refractivity contribution in [1.29, 1.82) is 0 Å². The lowest BCUT2D eigenvalue weighted by atomic mass is 9.85. The smallest absolute Gasteiger partial charge is 0.254 e. The molecule has 3 aromatic rings. The topological polar surface area (TPSA) is 68.2 Å². The minimum Gasteiger partial charge on any atom is -0.493 e. The second kappa shape index (κ2) is 8.41. The molecule has 0 aromatic heterocycles. The number of rotatable bonds is 6. The quantitative estimate of drug-likeness (QED) is 0.160. The number of benzene rings is 3. The first-order valence-corrected chi connectivity index (χ1v) is 13.7. The van der Waals surface area contributed by atoms with Crippen LogP contribution in [0.2, 0.25) is 0 Å². The molecule has 186 valence electrons. The number of imide groups is 1. The van der Waals surface area contributed by atoms with Gasteiger partial charge >= 0.3 is 0 Å². The highest BCUT2D eigenvalue weighted by molar-refractivity contribution is 14.1. The minimum absolute atomic E-state index is 0.161. The molecule has 0 N–H and O–H groups in total. The molecule has 0 unspecified atom stereocenters. The van der Waals surface area contributed by atoms with Crippen molar-refractivity contribution in [3.8, 4) is 11.5 Å². The van der Waals surface area contributed by atoms with Crippen molar-refractivity contribution in [2.24, 2.45) is 34.2 Å². The van der Waals surface area contributed by atoms with Gasteiger partial charge in [0.1, 0.15) is 6.61 Å². The molecule has 2 bridgehead atoms. The number of hydrazone groups is 1. The summed E-state index contributed by atoms with van der Waals surface area (Å²) in [6.45, 7) is 0.401. The van der Waals surface area contributed by atoms with Crippen LogP contribution >= 0.6 is 22.6 Å². The van der Waals surface area contributed by atoms with Gasteiger partial charge in [0.05, 0.1) is 28.7 Å². The van der Waals surface area contributed by atoms with Crippen LogP contribution in [0.4, 0.5) is 0 Å². The predicted molar refractivity (Wildman–Crippen MR) is 148 cm³/mol. The molecule has 3 aliphatic carbocycles. The van der Waals surface area contributed by atoms with Crippen molar-refractivity contribution in [3.05, 3.63) is 81.4 Å². The lowest BCUT2D eigenvalue weighted by Crippen LogP contribution is -2.30. The molecular weight excluding hydrogens is 579 g/mol. The molecule has 4 atom stereocenters. The number of methoxy groups -OCH3 is 1. The monoisotopic (exact) mass is 604 g/mol. The van der Waals surface area contributed by atoms with E-state index in [0.29, 0.717) is 18.1 Å². The number of carbonyl (C=O) groups is 2. The highest BCUT2D eigenvalue weighted by Gasteiger charge is 2.73. The van der Waals surface area contributed by atoms with Gasteiger partial charge in [0.25, 0.3) is 11.8 Å². The van der Waals surface area contributed by atoms with E-state index < -0.39 is 0 Å². The maximum Gasteiger partial charge on any atom is 0.254 e. The zero-order chi connectivity index (χ0) is 25.3. The highest BCUT2D eigenvalue weighted by atomic mass is 127. The molecule has 6 nitrogen and oxygen atoms in total. The van der Waals surface area contributed by atoms with Crippen molar-refractivity contribution in [2.75, 3.05) is 7.11 Å². The molecular formula is C30H25IN2O4. The number of ether oxygens (including phenoxy) is 2. The largest absolute Gasteiger partial charge is 0.493 e. The number of nitrogens with zero attached hydrogens (tertiary/aromatic N) is 2. The molecule has 7 rings (SSSR count). The SMILES string of the molecule is COc1cc(/C=N\N2C(=O)[C@@H]3[C@@H](C2=O)[C@H]2C=C[C@H]3C23CC3)cc(I)c1OCc1cccc2ccccc12. The Hall–Kier alpha value is -3.20. The van der Waals surface area contributed by atoms with Crippen molar-refractivity contribution in [1.82, 2.24) is 5.01 Å². The third kappa shape index (κ3) is 3.39. The van der Waals surface area contributed by atoms with Crippen LogP contribution in [0, 0.1) is 32.7 Å². The molecule has 1 spiro atoms. The molecule has 1 heterocycles. The number of fused-ring (bicyclic) bond motifs is 4. The Morgan fingerprint density at radius 3 is 2.43 bits per heavy atom. The zero-order valence-corrected chi connectivity index (χ0v) is 22.4. The summed E-state index contributed by atoms with van der Waals surface area (Å²) in [4.78, 5) is 26.4. The summed E-state index contributed by atoms with van der Waals surface area (Å²) in [5.74, 6) is 0.785.